The Hall–Kier alpha value is -4.41. The molecule has 0 saturated heterocycles. The summed E-state index contributed by atoms with van der Waals surface area (Å²) in [5.41, 5.74) is 4.19. The van der Waals surface area contributed by atoms with Crippen LogP contribution in [0.5, 0.6) is 5.75 Å². The van der Waals surface area contributed by atoms with Gasteiger partial charge in [0, 0.05) is 30.6 Å². The van der Waals surface area contributed by atoms with Crippen LogP contribution in [0.3, 0.4) is 0 Å². The van der Waals surface area contributed by atoms with E-state index in [0.717, 1.165) is 11.3 Å². The number of Topliss-reactive ketones (excluding diaryl/α,β-unsaturated/α-hetero) is 1. The Morgan fingerprint density at radius 1 is 1.14 bits per heavy atom. The normalized spacial score (nSPS) is 13.4. The number of benzene rings is 1. The molecule has 0 unspecified atom stereocenters. The Morgan fingerprint density at radius 3 is 2.81 bits per heavy atom. The van der Waals surface area contributed by atoms with Gasteiger partial charge < -0.3 is 13.7 Å². The maximum Gasteiger partial charge on any atom is 0.183 e. The van der Waals surface area contributed by atoms with Crippen LogP contribution in [0.25, 0.3) is 11.3 Å². The van der Waals surface area contributed by atoms with Gasteiger partial charge in [0.1, 0.15) is 17.7 Å². The number of fused-ring (bicyclic) bond motifs is 1. The number of imidazole rings is 2. The van der Waals surface area contributed by atoms with Gasteiger partial charge in [0.15, 0.2) is 17.3 Å². The van der Waals surface area contributed by atoms with Gasteiger partial charge in [-0.3, -0.25) is 4.79 Å². The molecule has 1 aliphatic rings. The lowest BCUT2D eigenvalue weighted by Gasteiger charge is -2.12. The van der Waals surface area contributed by atoms with Crippen molar-refractivity contribution in [2.24, 2.45) is 0 Å². The monoisotopic (exact) mass is 486 g/mol. The van der Waals surface area contributed by atoms with Crippen LogP contribution in [0.15, 0.2) is 55.5 Å². The molecule has 0 radical (unpaired) electrons. The van der Waals surface area contributed by atoms with Crippen molar-refractivity contribution >= 4 is 11.4 Å². The van der Waals surface area contributed by atoms with Gasteiger partial charge in [-0.15, -0.1) is 5.10 Å². The summed E-state index contributed by atoms with van der Waals surface area (Å²) < 4.78 is 25.4. The van der Waals surface area contributed by atoms with Crippen LogP contribution in [-0.2, 0) is 13.0 Å². The molecular formula is C25H23FN8O2. The number of ketones is 1. The molecule has 5 aromatic rings. The van der Waals surface area contributed by atoms with Gasteiger partial charge in [-0.05, 0) is 59.4 Å². The number of nitrogens with zero attached hydrogens (tertiary/aromatic N) is 8. The largest absolute Gasteiger partial charge is 0.494 e. The Morgan fingerprint density at radius 2 is 2.03 bits per heavy atom. The van der Waals surface area contributed by atoms with Gasteiger partial charge in [0.05, 0.1) is 31.4 Å². The first-order valence-electron chi connectivity index (χ1n) is 11.7. The third kappa shape index (κ3) is 4.23. The zero-order valence-electron chi connectivity index (χ0n) is 19.6. The highest BCUT2D eigenvalue weighted by Crippen LogP contribution is 2.39. The van der Waals surface area contributed by atoms with Crippen molar-refractivity contribution in [1.29, 1.82) is 0 Å². The van der Waals surface area contributed by atoms with Crippen molar-refractivity contribution in [1.82, 2.24) is 39.1 Å². The second kappa shape index (κ2) is 8.99. The van der Waals surface area contributed by atoms with Crippen LogP contribution in [0.4, 0.5) is 4.39 Å². The molecule has 0 aliphatic heterocycles. The number of hydrogen-bond acceptors (Lipinski definition) is 7. The Balaban J connectivity index is 1.16. The second-order valence-corrected chi connectivity index (χ2v) is 8.92. The van der Waals surface area contributed by atoms with Crippen molar-refractivity contribution in [2.45, 2.75) is 38.1 Å². The van der Waals surface area contributed by atoms with Crippen LogP contribution in [0.1, 0.15) is 52.5 Å². The van der Waals surface area contributed by atoms with E-state index in [9.17, 15) is 4.79 Å². The summed E-state index contributed by atoms with van der Waals surface area (Å²) in [6.45, 7) is 0.495. The standard InChI is InChI=1S/C25H23FN8O2/c1-36-23-8-6-21(34-15-28-30-31-34)19(25(23)26)5-7-22(35)20-13-32(14-27-20)11-18-12-33-10-17(16-2-3-16)4-9-24(33)29-18/h4,6,8-10,12-16H,2-3,5,7,11H2,1H3. The molecule has 10 nitrogen and oxygen atoms in total. The predicted octanol–water partition coefficient (Wildman–Crippen LogP) is 3.40. The Kier molecular flexibility index (Phi) is 5.51. The van der Waals surface area contributed by atoms with Gasteiger partial charge in [0.2, 0.25) is 0 Å². The number of methoxy groups -OCH3 is 1. The molecule has 0 amide bonds. The lowest BCUT2D eigenvalue weighted by atomic mass is 10.0. The highest BCUT2D eigenvalue weighted by atomic mass is 19.1. The van der Waals surface area contributed by atoms with Gasteiger partial charge in [-0.1, -0.05) is 6.07 Å². The van der Waals surface area contributed by atoms with Crippen LogP contribution in [0.2, 0.25) is 0 Å². The van der Waals surface area contributed by atoms with Gasteiger partial charge in [-0.2, -0.15) is 0 Å². The van der Waals surface area contributed by atoms with Crippen LogP contribution in [-0.4, -0.2) is 52.0 Å². The minimum absolute atomic E-state index is 0.0640. The minimum atomic E-state index is -0.541. The molecule has 4 heterocycles. The molecule has 0 atom stereocenters. The zero-order chi connectivity index (χ0) is 24.6. The number of tetrazole rings is 1. The first-order chi connectivity index (χ1) is 17.6. The lowest BCUT2D eigenvalue weighted by Crippen LogP contribution is -2.08. The topological polar surface area (TPSA) is 105 Å². The van der Waals surface area contributed by atoms with Crippen molar-refractivity contribution in [3.63, 3.8) is 0 Å². The molecule has 0 spiro atoms. The van der Waals surface area contributed by atoms with Crippen molar-refractivity contribution < 1.29 is 13.9 Å². The summed E-state index contributed by atoms with van der Waals surface area (Å²) >= 11 is 0. The number of hydrogen-bond donors (Lipinski definition) is 0. The molecule has 4 aromatic heterocycles. The highest BCUT2D eigenvalue weighted by Gasteiger charge is 2.24. The molecule has 1 fully saturated rings. The minimum Gasteiger partial charge on any atom is -0.494 e. The average molecular weight is 487 g/mol. The summed E-state index contributed by atoms with van der Waals surface area (Å²) in [5.74, 6) is 0.0374. The van der Waals surface area contributed by atoms with Gasteiger partial charge in [0.25, 0.3) is 0 Å². The van der Waals surface area contributed by atoms with Gasteiger partial charge >= 0.3 is 0 Å². The van der Waals surface area contributed by atoms with Crippen molar-refractivity contribution in [3.8, 4) is 11.4 Å². The van der Waals surface area contributed by atoms with Crippen LogP contribution >= 0.6 is 0 Å². The number of carbonyl (C=O) groups is 1. The number of pyridine rings is 1. The molecule has 1 saturated carbocycles. The molecule has 36 heavy (non-hydrogen) atoms. The summed E-state index contributed by atoms with van der Waals surface area (Å²) in [6, 6.07) is 7.36. The summed E-state index contributed by atoms with van der Waals surface area (Å²) in [7, 11) is 1.39. The van der Waals surface area contributed by atoms with E-state index >= 15 is 4.39 Å². The fraction of sp³-hybridized carbons (Fsp3) is 0.280. The number of ether oxygens (including phenoxy) is 1. The van der Waals surface area contributed by atoms with Crippen molar-refractivity contribution in [3.05, 3.63) is 83.8 Å². The van der Waals surface area contributed by atoms with Gasteiger partial charge in [-0.25, -0.2) is 19.0 Å². The Labute approximate surface area is 205 Å². The number of rotatable bonds is 9. The van der Waals surface area contributed by atoms with E-state index < -0.39 is 5.82 Å². The fourth-order valence-corrected chi connectivity index (χ4v) is 4.41. The maximum absolute atomic E-state index is 15.0. The lowest BCUT2D eigenvalue weighted by molar-refractivity contribution is 0.0978. The fourth-order valence-electron chi connectivity index (χ4n) is 4.41. The molecular weight excluding hydrogens is 463 g/mol. The summed E-state index contributed by atoms with van der Waals surface area (Å²) in [6.07, 6.45) is 11.6. The molecule has 1 aliphatic carbocycles. The predicted molar refractivity (Wildman–Crippen MR) is 127 cm³/mol. The first-order valence-corrected chi connectivity index (χ1v) is 11.7. The third-order valence-electron chi connectivity index (χ3n) is 6.44. The summed E-state index contributed by atoms with van der Waals surface area (Å²) in [5, 5.41) is 11.1. The number of aromatic nitrogens is 8. The highest BCUT2D eigenvalue weighted by molar-refractivity contribution is 5.94. The van der Waals surface area contributed by atoms with E-state index in [4.69, 9.17) is 4.74 Å². The van der Waals surface area contributed by atoms with E-state index in [0.29, 0.717) is 29.4 Å². The van der Waals surface area contributed by atoms with E-state index in [1.54, 1.807) is 18.6 Å². The van der Waals surface area contributed by atoms with E-state index in [1.807, 2.05) is 16.8 Å². The molecule has 182 valence electrons. The van der Waals surface area contributed by atoms with Crippen LogP contribution < -0.4 is 4.74 Å². The smallest absolute Gasteiger partial charge is 0.183 e. The number of halogens is 1. The Bertz CT molecular complexity index is 1550. The molecule has 0 N–H and O–H groups in total. The zero-order valence-corrected chi connectivity index (χ0v) is 19.6. The quantitative estimate of drug-likeness (QED) is 0.294. The SMILES string of the molecule is COc1ccc(-n2cnnn2)c(CCC(=O)c2cn(Cc3cn4cc(C5CC5)ccc4n3)cn2)c1F. The molecule has 11 heteroatoms. The molecule has 6 rings (SSSR count). The first kappa shape index (κ1) is 22.1. The summed E-state index contributed by atoms with van der Waals surface area (Å²) in [4.78, 5) is 21.9. The molecule has 0 bridgehead atoms. The van der Waals surface area contributed by atoms with E-state index in [2.05, 4.69) is 42.2 Å². The van der Waals surface area contributed by atoms with E-state index in [1.165, 1.54) is 42.6 Å². The maximum atomic E-state index is 15.0. The average Bonchev–Trinajstić information content (AvgIpc) is 3.24. The number of carbonyl (C=O) groups excluding carboxylic acids is 1. The van der Waals surface area contributed by atoms with Crippen molar-refractivity contribution in [2.75, 3.05) is 7.11 Å². The third-order valence-corrected chi connectivity index (χ3v) is 6.44. The van der Waals surface area contributed by atoms with Crippen LogP contribution in [0, 0.1) is 5.82 Å². The van der Waals surface area contributed by atoms with E-state index in [-0.39, 0.29) is 24.4 Å². The molecule has 1 aromatic carbocycles. The second-order valence-electron chi connectivity index (χ2n) is 8.92.